The van der Waals surface area contributed by atoms with Crippen LogP contribution in [0.2, 0.25) is 0 Å². The third-order valence-electron chi connectivity index (χ3n) is 6.00. The van der Waals surface area contributed by atoms with Crippen molar-refractivity contribution < 1.29 is 28.7 Å². The summed E-state index contributed by atoms with van der Waals surface area (Å²) < 4.78 is 11.5. The van der Waals surface area contributed by atoms with Crippen LogP contribution in [0.15, 0.2) is 34.1 Å². The standard InChI is InChI=1S/C23H25BrN4O6S/c1-15-12-16(2-3-17(15)20(30)28-9-7-27(14-29)8-10-28)25-21(31)23(6-11-33-13-23)26-22(32)34-19-5-4-18(24)35-19/h2-5,12,14H,6-11,13H2,1H3,(H,25,31)(H,26,32). The summed E-state index contributed by atoms with van der Waals surface area (Å²) >= 11 is 4.57. The second kappa shape index (κ2) is 10.8. The van der Waals surface area contributed by atoms with Crippen molar-refractivity contribution in [3.8, 4) is 5.06 Å². The van der Waals surface area contributed by atoms with E-state index < -0.39 is 17.5 Å². The van der Waals surface area contributed by atoms with Crippen LogP contribution in [0.3, 0.4) is 0 Å². The number of hydrogen-bond donors (Lipinski definition) is 2. The molecule has 10 nitrogen and oxygen atoms in total. The second-order valence-corrected chi connectivity index (χ2v) is 10.8. The summed E-state index contributed by atoms with van der Waals surface area (Å²) in [5.41, 5.74) is 0.466. The molecule has 2 aliphatic heterocycles. The van der Waals surface area contributed by atoms with Crippen LogP contribution in [-0.4, -0.2) is 79.0 Å². The zero-order chi connectivity index (χ0) is 25.0. The van der Waals surface area contributed by atoms with Crippen LogP contribution in [0, 0.1) is 6.92 Å². The Kier molecular flexibility index (Phi) is 7.72. The molecular formula is C23H25BrN4O6S. The lowest BCUT2D eigenvalue weighted by Crippen LogP contribution is -2.58. The minimum atomic E-state index is -1.27. The molecule has 35 heavy (non-hydrogen) atoms. The molecule has 4 rings (SSSR count). The number of amides is 4. The fourth-order valence-electron chi connectivity index (χ4n) is 4.00. The summed E-state index contributed by atoms with van der Waals surface area (Å²) in [7, 11) is 0. The van der Waals surface area contributed by atoms with E-state index in [-0.39, 0.29) is 12.5 Å². The van der Waals surface area contributed by atoms with Crippen molar-refractivity contribution in [2.24, 2.45) is 0 Å². The minimum absolute atomic E-state index is 0.0182. The fourth-order valence-corrected chi connectivity index (χ4v) is 5.19. The van der Waals surface area contributed by atoms with Gasteiger partial charge in [0, 0.05) is 50.5 Å². The van der Waals surface area contributed by atoms with Crippen LogP contribution in [0.5, 0.6) is 5.06 Å². The van der Waals surface area contributed by atoms with E-state index in [0.29, 0.717) is 61.1 Å². The third kappa shape index (κ3) is 5.82. The molecule has 186 valence electrons. The van der Waals surface area contributed by atoms with E-state index in [9.17, 15) is 19.2 Å². The van der Waals surface area contributed by atoms with Gasteiger partial charge in [0.2, 0.25) is 6.41 Å². The molecule has 12 heteroatoms. The summed E-state index contributed by atoms with van der Waals surface area (Å²) in [6.45, 7) is 4.10. The number of carbonyl (C=O) groups excluding carboxylic acids is 4. The lowest BCUT2D eigenvalue weighted by Gasteiger charge is -2.33. The van der Waals surface area contributed by atoms with Gasteiger partial charge < -0.3 is 29.9 Å². The monoisotopic (exact) mass is 564 g/mol. The molecule has 0 saturated carbocycles. The number of nitrogens with zero attached hydrogens (tertiary/aromatic N) is 2. The van der Waals surface area contributed by atoms with Crippen molar-refractivity contribution >= 4 is 57.3 Å². The van der Waals surface area contributed by atoms with E-state index in [2.05, 4.69) is 26.6 Å². The van der Waals surface area contributed by atoms with Gasteiger partial charge >= 0.3 is 6.09 Å². The van der Waals surface area contributed by atoms with Gasteiger partial charge in [-0.2, -0.15) is 0 Å². The second-order valence-electron chi connectivity index (χ2n) is 8.38. The Balaban J connectivity index is 1.41. The molecule has 3 heterocycles. The number of anilines is 1. The Labute approximate surface area is 214 Å². The summed E-state index contributed by atoms with van der Waals surface area (Å²) in [6.07, 6.45) is 0.346. The lowest BCUT2D eigenvalue weighted by molar-refractivity contribution is -0.122. The van der Waals surface area contributed by atoms with Crippen molar-refractivity contribution in [2.75, 3.05) is 44.7 Å². The van der Waals surface area contributed by atoms with E-state index >= 15 is 0 Å². The van der Waals surface area contributed by atoms with Gasteiger partial charge in [0.1, 0.15) is 5.54 Å². The van der Waals surface area contributed by atoms with E-state index in [1.54, 1.807) is 47.1 Å². The number of halogens is 1. The van der Waals surface area contributed by atoms with Crippen LogP contribution < -0.4 is 15.4 Å². The molecule has 2 N–H and O–H groups in total. The fraction of sp³-hybridized carbons (Fsp3) is 0.391. The number of ether oxygens (including phenoxy) is 2. The molecule has 0 aliphatic carbocycles. The maximum Gasteiger partial charge on any atom is 0.414 e. The van der Waals surface area contributed by atoms with Gasteiger partial charge in [-0.3, -0.25) is 14.4 Å². The number of rotatable bonds is 6. The van der Waals surface area contributed by atoms with Crippen molar-refractivity contribution in [1.29, 1.82) is 0 Å². The SMILES string of the molecule is Cc1cc(NC(=O)C2(NC(=O)Oc3ccc(Br)s3)CCOC2)ccc1C(=O)N1CCN(C=O)CC1. The smallest absolute Gasteiger partial charge is 0.399 e. The van der Waals surface area contributed by atoms with Gasteiger partial charge in [-0.15, -0.1) is 0 Å². The summed E-state index contributed by atoms with van der Waals surface area (Å²) in [5.74, 6) is -0.543. The van der Waals surface area contributed by atoms with Crippen LogP contribution in [0.1, 0.15) is 22.3 Å². The number of carbonyl (C=O) groups is 4. The van der Waals surface area contributed by atoms with Crippen molar-refractivity contribution in [3.63, 3.8) is 0 Å². The molecule has 2 aliphatic rings. The molecule has 1 aromatic carbocycles. The number of hydrogen-bond acceptors (Lipinski definition) is 7. The van der Waals surface area contributed by atoms with Gasteiger partial charge in [0.25, 0.3) is 11.8 Å². The van der Waals surface area contributed by atoms with Crippen LogP contribution in [-0.2, 0) is 14.3 Å². The molecule has 2 aromatic rings. The third-order valence-corrected chi connectivity index (χ3v) is 7.51. The minimum Gasteiger partial charge on any atom is -0.399 e. The van der Waals surface area contributed by atoms with Crippen molar-refractivity contribution in [3.05, 3.63) is 45.2 Å². The summed E-state index contributed by atoms with van der Waals surface area (Å²) in [4.78, 5) is 52.8. The Morgan fingerprint density at radius 3 is 2.54 bits per heavy atom. The highest BCUT2D eigenvalue weighted by molar-refractivity contribution is 9.11. The highest BCUT2D eigenvalue weighted by Crippen LogP contribution is 2.29. The zero-order valence-corrected chi connectivity index (χ0v) is 21.4. The first-order valence-corrected chi connectivity index (χ1v) is 12.6. The Hall–Kier alpha value is -2.96. The van der Waals surface area contributed by atoms with Crippen LogP contribution >= 0.6 is 27.3 Å². The van der Waals surface area contributed by atoms with Crippen LogP contribution in [0.4, 0.5) is 10.5 Å². The van der Waals surface area contributed by atoms with E-state index in [0.717, 1.165) is 10.2 Å². The van der Waals surface area contributed by atoms with Crippen molar-refractivity contribution in [1.82, 2.24) is 15.1 Å². The molecule has 0 spiro atoms. The first kappa shape index (κ1) is 25.1. The number of thiophene rings is 1. The largest absolute Gasteiger partial charge is 0.414 e. The lowest BCUT2D eigenvalue weighted by atomic mass is 9.97. The predicted molar refractivity (Wildman–Crippen MR) is 133 cm³/mol. The van der Waals surface area contributed by atoms with Gasteiger partial charge in [-0.25, -0.2) is 4.79 Å². The normalized spacial score (nSPS) is 19.8. The highest BCUT2D eigenvalue weighted by Gasteiger charge is 2.44. The van der Waals surface area contributed by atoms with Gasteiger partial charge in [0.05, 0.1) is 10.4 Å². The van der Waals surface area contributed by atoms with Gasteiger partial charge in [-0.1, -0.05) is 11.3 Å². The van der Waals surface area contributed by atoms with E-state index in [4.69, 9.17) is 9.47 Å². The molecule has 2 fully saturated rings. The zero-order valence-electron chi connectivity index (χ0n) is 19.0. The van der Waals surface area contributed by atoms with E-state index in [1.807, 2.05) is 0 Å². The Morgan fingerprint density at radius 1 is 1.17 bits per heavy atom. The predicted octanol–water partition coefficient (Wildman–Crippen LogP) is 2.62. The molecular weight excluding hydrogens is 540 g/mol. The maximum atomic E-state index is 13.2. The number of benzene rings is 1. The molecule has 1 aromatic heterocycles. The molecule has 2 saturated heterocycles. The van der Waals surface area contributed by atoms with Gasteiger partial charge in [0.15, 0.2) is 5.06 Å². The number of aryl methyl sites for hydroxylation is 1. The topological polar surface area (TPSA) is 117 Å². The summed E-state index contributed by atoms with van der Waals surface area (Å²) in [5, 5.41) is 5.90. The molecule has 4 amide bonds. The summed E-state index contributed by atoms with van der Waals surface area (Å²) in [6, 6.07) is 8.46. The van der Waals surface area contributed by atoms with E-state index in [1.165, 1.54) is 11.3 Å². The first-order chi connectivity index (χ1) is 16.8. The number of piperazine rings is 1. The Bertz CT molecular complexity index is 1120. The first-order valence-electron chi connectivity index (χ1n) is 11.0. The average Bonchev–Trinajstić information content (AvgIpc) is 3.48. The quantitative estimate of drug-likeness (QED) is 0.521. The van der Waals surface area contributed by atoms with Crippen molar-refractivity contribution in [2.45, 2.75) is 18.9 Å². The maximum absolute atomic E-state index is 13.2. The number of nitrogens with one attached hydrogen (secondary N) is 2. The molecule has 1 atom stereocenters. The van der Waals surface area contributed by atoms with Crippen LogP contribution in [0.25, 0.3) is 0 Å². The average molecular weight is 565 g/mol. The molecule has 1 unspecified atom stereocenters. The highest BCUT2D eigenvalue weighted by atomic mass is 79.9. The van der Waals surface area contributed by atoms with Gasteiger partial charge in [-0.05, 0) is 58.7 Å². The molecule has 0 radical (unpaired) electrons. The molecule has 0 bridgehead atoms. The Morgan fingerprint density at radius 2 is 1.94 bits per heavy atom.